The van der Waals surface area contributed by atoms with Gasteiger partial charge in [0.25, 0.3) is 0 Å². The van der Waals surface area contributed by atoms with Gasteiger partial charge >= 0.3 is 0 Å². The second-order valence-corrected chi connectivity index (χ2v) is 4.68. The Bertz CT molecular complexity index is 800. The van der Waals surface area contributed by atoms with Crippen LogP contribution in [0.2, 0.25) is 0 Å². The van der Waals surface area contributed by atoms with Crippen LogP contribution in [-0.2, 0) is 6.42 Å². The molecule has 4 nitrogen and oxygen atoms in total. The van der Waals surface area contributed by atoms with Crippen LogP contribution in [0.4, 0.5) is 5.69 Å². The highest BCUT2D eigenvalue weighted by Crippen LogP contribution is 2.17. The van der Waals surface area contributed by atoms with Crippen LogP contribution >= 0.6 is 0 Å². The van der Waals surface area contributed by atoms with E-state index in [9.17, 15) is 0 Å². The first-order valence-corrected chi connectivity index (χ1v) is 6.80. The van der Waals surface area contributed by atoms with Gasteiger partial charge in [-0.25, -0.2) is 4.98 Å². The Kier molecular flexibility index (Phi) is 3.74. The molecular formula is C17H14N4. The summed E-state index contributed by atoms with van der Waals surface area (Å²) >= 11 is 0. The van der Waals surface area contributed by atoms with Crippen molar-refractivity contribution in [2.75, 3.05) is 11.9 Å². The molecule has 21 heavy (non-hydrogen) atoms. The molecule has 0 radical (unpaired) electrons. The summed E-state index contributed by atoms with van der Waals surface area (Å²) in [4.78, 5) is 8.48. The molecule has 0 unspecified atom stereocenters. The lowest BCUT2D eigenvalue weighted by atomic mass is 10.1. The van der Waals surface area contributed by atoms with E-state index < -0.39 is 0 Å². The Hall–Kier alpha value is -2.93. The molecule has 0 saturated heterocycles. The third-order valence-corrected chi connectivity index (χ3v) is 3.34. The van der Waals surface area contributed by atoms with Gasteiger partial charge in [0.2, 0.25) is 0 Å². The first-order valence-electron chi connectivity index (χ1n) is 6.80. The topological polar surface area (TPSA) is 61.6 Å². The molecule has 1 aromatic carbocycles. The number of pyridine rings is 2. The number of fused-ring (bicyclic) bond motifs is 1. The highest BCUT2D eigenvalue weighted by molar-refractivity contribution is 5.81. The summed E-state index contributed by atoms with van der Waals surface area (Å²) in [6.45, 7) is 0.732. The van der Waals surface area contributed by atoms with Crippen molar-refractivity contribution >= 4 is 16.6 Å². The Morgan fingerprint density at radius 1 is 1.00 bits per heavy atom. The molecule has 2 aromatic heterocycles. The summed E-state index contributed by atoms with van der Waals surface area (Å²) in [5, 5.41) is 13.4. The molecule has 2 heterocycles. The van der Waals surface area contributed by atoms with E-state index in [1.165, 1.54) is 5.56 Å². The molecule has 0 aliphatic rings. The first-order chi connectivity index (χ1) is 10.4. The van der Waals surface area contributed by atoms with Crippen molar-refractivity contribution < 1.29 is 0 Å². The van der Waals surface area contributed by atoms with Crippen molar-refractivity contribution in [2.24, 2.45) is 0 Å². The van der Waals surface area contributed by atoms with Gasteiger partial charge in [-0.1, -0.05) is 24.3 Å². The number of nitrogens with one attached hydrogen (secondary N) is 1. The fourth-order valence-corrected chi connectivity index (χ4v) is 2.34. The van der Waals surface area contributed by atoms with Gasteiger partial charge in [-0.15, -0.1) is 0 Å². The monoisotopic (exact) mass is 274 g/mol. The summed E-state index contributed by atoms with van der Waals surface area (Å²) in [6.07, 6.45) is 4.28. The number of rotatable bonds is 4. The highest BCUT2D eigenvalue weighted by Gasteiger charge is 2.04. The van der Waals surface area contributed by atoms with Crippen molar-refractivity contribution in [3.05, 3.63) is 66.1 Å². The second kappa shape index (κ2) is 6.02. The second-order valence-electron chi connectivity index (χ2n) is 4.68. The van der Waals surface area contributed by atoms with Crippen LogP contribution in [0.3, 0.4) is 0 Å². The number of anilines is 1. The van der Waals surface area contributed by atoms with Gasteiger partial charge in [-0.2, -0.15) is 5.26 Å². The lowest BCUT2D eigenvalue weighted by Crippen LogP contribution is -2.07. The number of benzene rings is 1. The fraction of sp³-hybridized carbons (Fsp3) is 0.118. The Morgan fingerprint density at radius 3 is 2.71 bits per heavy atom. The largest absolute Gasteiger partial charge is 0.382 e. The van der Waals surface area contributed by atoms with E-state index in [0.29, 0.717) is 5.69 Å². The normalized spacial score (nSPS) is 10.2. The molecule has 3 rings (SSSR count). The molecule has 0 fully saturated rings. The van der Waals surface area contributed by atoms with E-state index in [0.717, 1.165) is 29.6 Å². The summed E-state index contributed by atoms with van der Waals surface area (Å²) in [6, 6.07) is 16.0. The minimum Gasteiger partial charge on any atom is -0.382 e. The maximum absolute atomic E-state index is 9.01. The van der Waals surface area contributed by atoms with Crippen LogP contribution in [0, 0.1) is 11.3 Å². The van der Waals surface area contributed by atoms with E-state index >= 15 is 0 Å². The molecule has 1 N–H and O–H groups in total. The van der Waals surface area contributed by atoms with Gasteiger partial charge in [0.15, 0.2) is 5.69 Å². The lowest BCUT2D eigenvalue weighted by molar-refractivity contribution is 1.02. The Morgan fingerprint density at radius 2 is 1.81 bits per heavy atom. The van der Waals surface area contributed by atoms with Gasteiger partial charge in [-0.3, -0.25) is 4.98 Å². The van der Waals surface area contributed by atoms with E-state index in [2.05, 4.69) is 39.6 Å². The first kappa shape index (κ1) is 13.1. The van der Waals surface area contributed by atoms with Gasteiger partial charge in [0.1, 0.15) is 6.07 Å². The zero-order chi connectivity index (χ0) is 14.5. The average Bonchev–Trinajstić information content (AvgIpc) is 2.55. The summed E-state index contributed by atoms with van der Waals surface area (Å²) in [7, 11) is 0. The van der Waals surface area contributed by atoms with Crippen LogP contribution < -0.4 is 5.32 Å². The summed E-state index contributed by atoms with van der Waals surface area (Å²) < 4.78 is 0. The van der Waals surface area contributed by atoms with Crippen LogP contribution in [0.15, 0.2) is 54.9 Å². The van der Waals surface area contributed by atoms with Gasteiger partial charge in [0, 0.05) is 24.3 Å². The van der Waals surface area contributed by atoms with Gasteiger partial charge in [0.05, 0.1) is 11.2 Å². The number of hydrogen-bond acceptors (Lipinski definition) is 4. The number of nitrogens with zero attached hydrogens (tertiary/aromatic N) is 3. The Balaban J connectivity index is 1.74. The molecule has 0 bridgehead atoms. The standard InChI is InChI=1S/C17H14N4/c18-12-16-15(7-3-9-19-16)20-11-8-14-5-1-4-13-6-2-10-21-17(13)14/h1-7,9-10,20H,8,11H2. The van der Waals surface area contributed by atoms with E-state index in [1.54, 1.807) is 6.20 Å². The van der Waals surface area contributed by atoms with Crippen molar-refractivity contribution in [2.45, 2.75) is 6.42 Å². The van der Waals surface area contributed by atoms with Crippen molar-refractivity contribution in [1.29, 1.82) is 5.26 Å². The predicted octanol–water partition coefficient (Wildman–Crippen LogP) is 3.16. The molecule has 0 saturated carbocycles. The van der Waals surface area contributed by atoms with Crippen LogP contribution in [0.5, 0.6) is 0 Å². The van der Waals surface area contributed by atoms with Crippen molar-refractivity contribution in [3.8, 4) is 6.07 Å². The number of para-hydroxylation sites is 1. The van der Waals surface area contributed by atoms with Gasteiger partial charge < -0.3 is 5.32 Å². The smallest absolute Gasteiger partial charge is 0.163 e. The molecule has 0 atom stereocenters. The quantitative estimate of drug-likeness (QED) is 0.793. The molecule has 0 spiro atoms. The molecular weight excluding hydrogens is 260 g/mol. The molecule has 102 valence electrons. The highest BCUT2D eigenvalue weighted by atomic mass is 14.9. The molecule has 0 aliphatic heterocycles. The third-order valence-electron chi connectivity index (χ3n) is 3.34. The summed E-state index contributed by atoms with van der Waals surface area (Å²) in [5.74, 6) is 0. The molecule has 0 aliphatic carbocycles. The number of aromatic nitrogens is 2. The lowest BCUT2D eigenvalue weighted by Gasteiger charge is -2.09. The van der Waals surface area contributed by atoms with Crippen molar-refractivity contribution in [3.63, 3.8) is 0 Å². The van der Waals surface area contributed by atoms with Gasteiger partial charge in [-0.05, 0) is 30.2 Å². The van der Waals surface area contributed by atoms with E-state index in [-0.39, 0.29) is 0 Å². The van der Waals surface area contributed by atoms with Crippen LogP contribution in [0.1, 0.15) is 11.3 Å². The van der Waals surface area contributed by atoms with Crippen molar-refractivity contribution in [1.82, 2.24) is 9.97 Å². The van der Waals surface area contributed by atoms with E-state index in [1.807, 2.05) is 30.5 Å². The molecule has 0 amide bonds. The molecule has 3 aromatic rings. The number of hydrogen-bond donors (Lipinski definition) is 1. The number of nitriles is 1. The minimum atomic E-state index is 0.425. The van der Waals surface area contributed by atoms with Crippen LogP contribution in [-0.4, -0.2) is 16.5 Å². The Labute approximate surface area is 123 Å². The minimum absolute atomic E-state index is 0.425. The maximum Gasteiger partial charge on any atom is 0.163 e. The summed E-state index contributed by atoms with van der Waals surface area (Å²) in [5.41, 5.74) is 3.43. The zero-order valence-electron chi connectivity index (χ0n) is 11.5. The van der Waals surface area contributed by atoms with E-state index in [4.69, 9.17) is 5.26 Å². The average molecular weight is 274 g/mol. The van der Waals surface area contributed by atoms with Crippen LogP contribution in [0.25, 0.3) is 10.9 Å². The maximum atomic E-state index is 9.01. The predicted molar refractivity (Wildman–Crippen MR) is 82.9 cm³/mol. The fourth-order valence-electron chi connectivity index (χ4n) is 2.34. The third kappa shape index (κ3) is 2.82. The SMILES string of the molecule is N#Cc1ncccc1NCCc1cccc2cccnc12. The zero-order valence-corrected chi connectivity index (χ0v) is 11.5. The molecule has 4 heteroatoms.